The Morgan fingerprint density at radius 1 is 0.906 bits per heavy atom. The van der Waals surface area contributed by atoms with Gasteiger partial charge in [0.25, 0.3) is 0 Å². The Labute approximate surface area is 190 Å². The second-order valence-electron chi connectivity index (χ2n) is 7.40. The molecule has 0 fully saturated rings. The number of benzene rings is 2. The molecule has 2 rings (SSSR count). The smallest absolute Gasteiger partial charge is 0.243 e. The number of carbonyl (C=O) groups excluding carboxylic acids is 1. The van der Waals surface area contributed by atoms with Crippen LogP contribution in [0.25, 0.3) is 0 Å². The number of likely N-dealkylation sites (N-methyl/N-ethyl adjacent to an activating group) is 2. The molecule has 2 aromatic rings. The summed E-state index contributed by atoms with van der Waals surface area (Å²) in [4.78, 5) is 20.0. The summed E-state index contributed by atoms with van der Waals surface area (Å²) in [6, 6.07) is 15.4. The van der Waals surface area contributed by atoms with Crippen molar-refractivity contribution in [1.29, 1.82) is 0 Å². The lowest BCUT2D eigenvalue weighted by Crippen LogP contribution is -2.42. The second-order valence-corrected chi connectivity index (χ2v) is 7.40. The van der Waals surface area contributed by atoms with Gasteiger partial charge in [0.15, 0.2) is 5.96 Å². The van der Waals surface area contributed by atoms with E-state index >= 15 is 0 Å². The van der Waals surface area contributed by atoms with Crippen LogP contribution in [0.2, 0.25) is 0 Å². The van der Waals surface area contributed by atoms with E-state index in [9.17, 15) is 4.79 Å². The van der Waals surface area contributed by atoms with Crippen molar-refractivity contribution >= 4 is 11.9 Å². The topological polar surface area (TPSA) is 75.6 Å². The first-order valence-corrected chi connectivity index (χ1v) is 10.5. The standard InChI is InChI=1S/C24H34N4O4/c1-27(2)23(29)18-26-24(25-15-14-19-6-8-20(30-4)9-7-19)28(3)16-17-32-22-12-10-21(31-5)11-13-22/h6-13H,14-18H2,1-5H3,(H,25,26). The van der Waals surface area contributed by atoms with Crippen molar-refractivity contribution in [3.05, 3.63) is 54.1 Å². The maximum absolute atomic E-state index is 12.0. The first kappa shape index (κ1) is 24.8. The highest BCUT2D eigenvalue weighted by Crippen LogP contribution is 2.16. The first-order valence-electron chi connectivity index (χ1n) is 10.5. The SMILES string of the molecule is COc1ccc(CCNC(=NCC(=O)N(C)C)N(C)CCOc2ccc(OC)cc2)cc1. The van der Waals surface area contributed by atoms with Crippen molar-refractivity contribution in [2.75, 3.05) is 61.6 Å². The van der Waals surface area contributed by atoms with Crippen LogP contribution in [0, 0.1) is 0 Å². The zero-order valence-corrected chi connectivity index (χ0v) is 19.6. The zero-order chi connectivity index (χ0) is 23.3. The summed E-state index contributed by atoms with van der Waals surface area (Å²) < 4.78 is 16.2. The first-order chi connectivity index (χ1) is 15.4. The van der Waals surface area contributed by atoms with Crippen LogP contribution in [0.1, 0.15) is 5.56 Å². The van der Waals surface area contributed by atoms with Gasteiger partial charge < -0.3 is 29.3 Å². The highest BCUT2D eigenvalue weighted by Gasteiger charge is 2.09. The van der Waals surface area contributed by atoms with Crippen molar-refractivity contribution in [2.45, 2.75) is 6.42 Å². The lowest BCUT2D eigenvalue weighted by Gasteiger charge is -2.23. The van der Waals surface area contributed by atoms with Gasteiger partial charge in [0.2, 0.25) is 5.91 Å². The molecule has 8 heteroatoms. The van der Waals surface area contributed by atoms with E-state index in [4.69, 9.17) is 14.2 Å². The molecule has 8 nitrogen and oxygen atoms in total. The third kappa shape index (κ3) is 8.37. The van der Waals surface area contributed by atoms with E-state index in [0.717, 1.165) is 23.7 Å². The molecule has 0 saturated carbocycles. The summed E-state index contributed by atoms with van der Waals surface area (Å²) in [5.41, 5.74) is 1.19. The molecule has 0 bridgehead atoms. The maximum Gasteiger partial charge on any atom is 0.243 e. The Morgan fingerprint density at radius 3 is 2.03 bits per heavy atom. The molecule has 0 heterocycles. The fourth-order valence-electron chi connectivity index (χ4n) is 2.78. The number of amides is 1. The third-order valence-corrected chi connectivity index (χ3v) is 4.84. The highest BCUT2D eigenvalue weighted by molar-refractivity contribution is 5.84. The summed E-state index contributed by atoms with van der Waals surface area (Å²) in [7, 11) is 8.66. The summed E-state index contributed by atoms with van der Waals surface area (Å²) in [6.45, 7) is 1.85. The minimum atomic E-state index is -0.0534. The summed E-state index contributed by atoms with van der Waals surface area (Å²) in [6.07, 6.45) is 0.820. The van der Waals surface area contributed by atoms with Gasteiger partial charge in [0.05, 0.1) is 20.8 Å². The Hall–Kier alpha value is -3.42. The van der Waals surface area contributed by atoms with Gasteiger partial charge in [-0.15, -0.1) is 0 Å². The van der Waals surface area contributed by atoms with Gasteiger partial charge in [-0.25, -0.2) is 4.99 Å². The lowest BCUT2D eigenvalue weighted by molar-refractivity contribution is -0.127. The van der Waals surface area contributed by atoms with Gasteiger partial charge in [-0.3, -0.25) is 4.79 Å². The highest BCUT2D eigenvalue weighted by atomic mass is 16.5. The molecule has 174 valence electrons. The van der Waals surface area contributed by atoms with Crippen LogP contribution in [0.15, 0.2) is 53.5 Å². The van der Waals surface area contributed by atoms with E-state index in [1.165, 1.54) is 10.5 Å². The van der Waals surface area contributed by atoms with Crippen molar-refractivity contribution in [1.82, 2.24) is 15.1 Å². The van der Waals surface area contributed by atoms with Crippen molar-refractivity contribution < 1.29 is 19.0 Å². The number of hydrogen-bond donors (Lipinski definition) is 1. The Kier molecular flexibility index (Phi) is 10.2. The van der Waals surface area contributed by atoms with Gasteiger partial charge in [-0.05, 0) is 48.4 Å². The number of rotatable bonds is 11. The molecular formula is C24H34N4O4. The average Bonchev–Trinajstić information content (AvgIpc) is 2.81. The summed E-state index contributed by atoms with van der Waals surface area (Å²) in [5.74, 6) is 3.00. The molecule has 0 radical (unpaired) electrons. The van der Waals surface area contributed by atoms with E-state index in [0.29, 0.717) is 25.7 Å². The van der Waals surface area contributed by atoms with E-state index in [1.807, 2.05) is 60.5 Å². The molecule has 0 spiro atoms. The number of methoxy groups -OCH3 is 2. The fraction of sp³-hybridized carbons (Fsp3) is 0.417. The molecule has 0 aromatic heterocycles. The number of aliphatic imine (C=N–C) groups is 1. The predicted molar refractivity (Wildman–Crippen MR) is 127 cm³/mol. The minimum absolute atomic E-state index is 0.0534. The number of ether oxygens (including phenoxy) is 3. The maximum atomic E-state index is 12.0. The van der Waals surface area contributed by atoms with Crippen LogP contribution in [-0.2, 0) is 11.2 Å². The van der Waals surface area contributed by atoms with Crippen LogP contribution in [0.4, 0.5) is 0 Å². The second kappa shape index (κ2) is 13.1. The van der Waals surface area contributed by atoms with E-state index in [1.54, 1.807) is 28.3 Å². The van der Waals surface area contributed by atoms with Crippen LogP contribution in [0.3, 0.4) is 0 Å². The molecule has 0 unspecified atom stereocenters. The molecule has 0 atom stereocenters. The Balaban J connectivity index is 1.91. The normalized spacial score (nSPS) is 11.0. The molecule has 0 aliphatic carbocycles. The molecule has 1 amide bonds. The molecule has 0 aliphatic rings. The monoisotopic (exact) mass is 442 g/mol. The van der Waals surface area contributed by atoms with Gasteiger partial charge in [0.1, 0.15) is 30.4 Å². The van der Waals surface area contributed by atoms with Crippen LogP contribution in [0.5, 0.6) is 17.2 Å². The van der Waals surface area contributed by atoms with Crippen LogP contribution < -0.4 is 19.5 Å². The zero-order valence-electron chi connectivity index (χ0n) is 19.6. The van der Waals surface area contributed by atoms with Crippen molar-refractivity contribution in [3.8, 4) is 17.2 Å². The van der Waals surface area contributed by atoms with E-state index in [-0.39, 0.29) is 12.5 Å². The van der Waals surface area contributed by atoms with Crippen molar-refractivity contribution in [2.24, 2.45) is 4.99 Å². The Morgan fingerprint density at radius 2 is 1.47 bits per heavy atom. The minimum Gasteiger partial charge on any atom is -0.497 e. The molecule has 1 N–H and O–H groups in total. The number of guanidine groups is 1. The molecular weight excluding hydrogens is 408 g/mol. The molecule has 0 aliphatic heterocycles. The van der Waals surface area contributed by atoms with Crippen molar-refractivity contribution in [3.63, 3.8) is 0 Å². The predicted octanol–water partition coefficient (Wildman–Crippen LogP) is 2.29. The number of carbonyl (C=O) groups is 1. The van der Waals surface area contributed by atoms with Crippen LogP contribution >= 0.6 is 0 Å². The van der Waals surface area contributed by atoms with Crippen LogP contribution in [-0.4, -0.2) is 83.3 Å². The lowest BCUT2D eigenvalue weighted by atomic mass is 10.1. The summed E-state index contributed by atoms with van der Waals surface area (Å²) in [5, 5.41) is 3.36. The number of hydrogen-bond acceptors (Lipinski definition) is 5. The molecule has 0 saturated heterocycles. The van der Waals surface area contributed by atoms with Gasteiger partial charge in [0, 0.05) is 27.7 Å². The van der Waals surface area contributed by atoms with E-state index < -0.39 is 0 Å². The Bertz CT molecular complexity index is 851. The van der Waals surface area contributed by atoms with Gasteiger partial charge >= 0.3 is 0 Å². The van der Waals surface area contributed by atoms with E-state index in [2.05, 4.69) is 10.3 Å². The quantitative estimate of drug-likeness (QED) is 0.425. The molecule has 32 heavy (non-hydrogen) atoms. The van der Waals surface area contributed by atoms with Gasteiger partial charge in [-0.2, -0.15) is 0 Å². The number of nitrogens with zero attached hydrogens (tertiary/aromatic N) is 3. The number of nitrogens with one attached hydrogen (secondary N) is 1. The average molecular weight is 443 g/mol. The molecule has 2 aromatic carbocycles. The third-order valence-electron chi connectivity index (χ3n) is 4.84. The fourth-order valence-corrected chi connectivity index (χ4v) is 2.78. The van der Waals surface area contributed by atoms with Gasteiger partial charge in [-0.1, -0.05) is 12.1 Å². The largest absolute Gasteiger partial charge is 0.497 e. The summed E-state index contributed by atoms with van der Waals surface area (Å²) >= 11 is 0.